The van der Waals surface area contributed by atoms with E-state index in [0.717, 1.165) is 0 Å². The number of nitrogens with one attached hydrogen (secondary N) is 2. The van der Waals surface area contributed by atoms with Crippen molar-refractivity contribution in [1.82, 2.24) is 0 Å². The summed E-state index contributed by atoms with van der Waals surface area (Å²) in [5, 5.41) is 5.97. The normalized spacial score (nSPS) is 18.3. The predicted octanol–water partition coefficient (Wildman–Crippen LogP) is 3.76. The summed E-state index contributed by atoms with van der Waals surface area (Å²) in [6.07, 6.45) is 0.495. The first kappa shape index (κ1) is 17.2. The molecule has 2 amide bonds. The molecule has 1 aliphatic rings. The molecule has 5 nitrogen and oxygen atoms in total. The first-order chi connectivity index (χ1) is 12.0. The maximum absolute atomic E-state index is 12.3. The lowest BCUT2D eigenvalue weighted by atomic mass is 10.1. The van der Waals surface area contributed by atoms with Gasteiger partial charge in [0, 0.05) is 11.3 Å². The molecule has 2 unspecified atom stereocenters. The fourth-order valence-electron chi connectivity index (χ4n) is 2.61. The molecule has 0 radical (unpaired) electrons. The van der Waals surface area contributed by atoms with Crippen molar-refractivity contribution < 1.29 is 14.4 Å². The lowest BCUT2D eigenvalue weighted by Gasteiger charge is -2.08. The minimum absolute atomic E-state index is 0.0699. The second-order valence-electron chi connectivity index (χ2n) is 6.04. The van der Waals surface area contributed by atoms with Crippen molar-refractivity contribution in [2.75, 3.05) is 10.6 Å². The highest BCUT2D eigenvalue weighted by Gasteiger charge is 2.48. The van der Waals surface area contributed by atoms with E-state index >= 15 is 0 Å². The molecule has 2 aromatic rings. The summed E-state index contributed by atoms with van der Waals surface area (Å²) in [6, 6.07) is 13.7. The van der Waals surface area contributed by atoms with Crippen LogP contribution in [-0.2, 0) is 9.59 Å². The number of hydrogen-bond donors (Lipinski definition) is 2. The van der Waals surface area contributed by atoms with Crippen molar-refractivity contribution in [2.24, 2.45) is 11.8 Å². The topological polar surface area (TPSA) is 75.3 Å². The van der Waals surface area contributed by atoms with E-state index in [-0.39, 0.29) is 29.4 Å². The van der Waals surface area contributed by atoms with Crippen LogP contribution in [0.1, 0.15) is 23.7 Å². The van der Waals surface area contributed by atoms with Crippen molar-refractivity contribution in [1.29, 1.82) is 0 Å². The Bertz CT molecular complexity index is 850. The van der Waals surface area contributed by atoms with E-state index in [1.54, 1.807) is 48.5 Å². The Kier molecular flexibility index (Phi) is 4.86. The van der Waals surface area contributed by atoms with Crippen molar-refractivity contribution in [3.8, 4) is 0 Å². The largest absolute Gasteiger partial charge is 0.326 e. The van der Waals surface area contributed by atoms with Gasteiger partial charge in [-0.2, -0.15) is 0 Å². The number of carbonyl (C=O) groups excluding carboxylic acids is 3. The van der Waals surface area contributed by atoms with E-state index in [9.17, 15) is 14.4 Å². The highest BCUT2D eigenvalue weighted by molar-refractivity contribution is 6.33. The summed E-state index contributed by atoms with van der Waals surface area (Å²) in [6.45, 7) is 1.47. The lowest BCUT2D eigenvalue weighted by molar-refractivity contribution is -0.122. The van der Waals surface area contributed by atoms with Gasteiger partial charge < -0.3 is 10.6 Å². The van der Waals surface area contributed by atoms with Crippen LogP contribution in [0.15, 0.2) is 48.5 Å². The van der Waals surface area contributed by atoms with Crippen LogP contribution in [0.25, 0.3) is 0 Å². The quantitative estimate of drug-likeness (QED) is 0.801. The molecule has 1 saturated carbocycles. The average molecular weight is 357 g/mol. The third-order valence-corrected chi connectivity index (χ3v) is 4.46. The number of Topliss-reactive ketones (excluding diaryl/α,β-unsaturated/α-hetero) is 1. The first-order valence-electron chi connectivity index (χ1n) is 7.93. The molecule has 2 N–H and O–H groups in total. The Morgan fingerprint density at radius 1 is 0.960 bits per heavy atom. The van der Waals surface area contributed by atoms with E-state index < -0.39 is 0 Å². The molecule has 2 atom stereocenters. The van der Waals surface area contributed by atoms with Crippen LogP contribution >= 0.6 is 11.6 Å². The van der Waals surface area contributed by atoms with Crippen LogP contribution in [0.2, 0.25) is 5.02 Å². The summed E-state index contributed by atoms with van der Waals surface area (Å²) in [5.74, 6) is -1.25. The summed E-state index contributed by atoms with van der Waals surface area (Å²) < 4.78 is 0. The summed E-state index contributed by atoms with van der Waals surface area (Å²) in [4.78, 5) is 35.9. The van der Waals surface area contributed by atoms with Gasteiger partial charge in [0.2, 0.25) is 11.8 Å². The molecule has 6 heteroatoms. The highest BCUT2D eigenvalue weighted by atomic mass is 35.5. The summed E-state index contributed by atoms with van der Waals surface area (Å²) in [5.41, 5.74) is 1.62. The molecule has 0 spiro atoms. The number of amides is 2. The van der Waals surface area contributed by atoms with Gasteiger partial charge >= 0.3 is 0 Å². The monoisotopic (exact) mass is 356 g/mol. The number of ketones is 1. The van der Waals surface area contributed by atoms with Crippen molar-refractivity contribution >= 4 is 40.6 Å². The van der Waals surface area contributed by atoms with Crippen molar-refractivity contribution in [2.45, 2.75) is 13.3 Å². The molecule has 0 heterocycles. The second-order valence-corrected chi connectivity index (χ2v) is 6.45. The molecular formula is C19H17ClN2O3. The Balaban J connectivity index is 1.59. The summed E-state index contributed by atoms with van der Waals surface area (Å²) in [7, 11) is 0. The van der Waals surface area contributed by atoms with E-state index in [1.807, 2.05) is 0 Å². The van der Waals surface area contributed by atoms with Gasteiger partial charge in [0.1, 0.15) is 0 Å². The number of anilines is 2. The summed E-state index contributed by atoms with van der Waals surface area (Å²) >= 11 is 6.02. The molecule has 0 aliphatic heterocycles. The molecule has 25 heavy (non-hydrogen) atoms. The molecule has 1 fully saturated rings. The minimum Gasteiger partial charge on any atom is -0.326 e. The van der Waals surface area contributed by atoms with Gasteiger partial charge in [0.05, 0.1) is 22.5 Å². The number of hydrogen-bond acceptors (Lipinski definition) is 3. The van der Waals surface area contributed by atoms with Crippen LogP contribution in [0, 0.1) is 11.8 Å². The fraction of sp³-hybridized carbons (Fsp3) is 0.211. The van der Waals surface area contributed by atoms with Gasteiger partial charge in [-0.25, -0.2) is 0 Å². The Morgan fingerprint density at radius 3 is 2.32 bits per heavy atom. The second kappa shape index (κ2) is 7.07. The minimum atomic E-state index is -0.372. The number of rotatable bonds is 5. The fourth-order valence-corrected chi connectivity index (χ4v) is 2.80. The number of carbonyl (C=O) groups is 3. The molecule has 128 valence electrons. The van der Waals surface area contributed by atoms with Crippen molar-refractivity contribution in [3.63, 3.8) is 0 Å². The van der Waals surface area contributed by atoms with E-state index in [1.165, 1.54) is 6.92 Å². The van der Waals surface area contributed by atoms with Gasteiger partial charge in [0.15, 0.2) is 5.78 Å². The zero-order valence-corrected chi connectivity index (χ0v) is 14.3. The smallest absolute Gasteiger partial charge is 0.228 e. The number of para-hydroxylation sites is 1. The molecule has 0 aromatic heterocycles. The van der Waals surface area contributed by atoms with Gasteiger partial charge in [-0.05, 0) is 37.6 Å². The maximum atomic E-state index is 12.3. The standard InChI is InChI=1S/C19H17ClN2O3/c1-11(23)12-5-4-6-13(9-12)21-18(24)14-10-15(14)19(25)22-17-8-3-2-7-16(17)20/h2-9,14-15H,10H2,1H3,(H,21,24)(H,22,25). The third kappa shape index (κ3) is 4.06. The molecule has 0 bridgehead atoms. The zero-order valence-electron chi connectivity index (χ0n) is 13.6. The molecule has 3 rings (SSSR count). The lowest BCUT2D eigenvalue weighted by Crippen LogP contribution is -2.20. The van der Waals surface area contributed by atoms with Gasteiger partial charge in [-0.15, -0.1) is 0 Å². The number of benzene rings is 2. The molecule has 2 aromatic carbocycles. The van der Waals surface area contributed by atoms with Crippen molar-refractivity contribution in [3.05, 3.63) is 59.1 Å². The van der Waals surface area contributed by atoms with Crippen LogP contribution in [0.4, 0.5) is 11.4 Å². The van der Waals surface area contributed by atoms with Crippen LogP contribution in [-0.4, -0.2) is 17.6 Å². The zero-order chi connectivity index (χ0) is 18.0. The molecule has 0 saturated heterocycles. The predicted molar refractivity (Wildman–Crippen MR) is 96.8 cm³/mol. The Hall–Kier alpha value is -2.66. The maximum Gasteiger partial charge on any atom is 0.228 e. The van der Waals surface area contributed by atoms with Crippen LogP contribution in [0.5, 0.6) is 0 Å². The molecule has 1 aliphatic carbocycles. The van der Waals surface area contributed by atoms with Gasteiger partial charge in [-0.1, -0.05) is 35.9 Å². The van der Waals surface area contributed by atoms with Crippen LogP contribution < -0.4 is 10.6 Å². The highest BCUT2D eigenvalue weighted by Crippen LogP contribution is 2.40. The van der Waals surface area contributed by atoms with Crippen LogP contribution in [0.3, 0.4) is 0 Å². The van der Waals surface area contributed by atoms with E-state index in [4.69, 9.17) is 11.6 Å². The van der Waals surface area contributed by atoms with Gasteiger partial charge in [-0.3, -0.25) is 14.4 Å². The number of halogens is 1. The average Bonchev–Trinajstić information content (AvgIpc) is 3.38. The van der Waals surface area contributed by atoms with E-state index in [2.05, 4.69) is 10.6 Å². The van der Waals surface area contributed by atoms with E-state index in [0.29, 0.717) is 28.4 Å². The first-order valence-corrected chi connectivity index (χ1v) is 8.31. The Morgan fingerprint density at radius 2 is 1.64 bits per heavy atom. The van der Waals surface area contributed by atoms with Gasteiger partial charge in [0.25, 0.3) is 0 Å². The third-order valence-electron chi connectivity index (χ3n) is 4.13. The Labute approximate surface area is 150 Å². The SMILES string of the molecule is CC(=O)c1cccc(NC(=O)C2CC2C(=O)Nc2ccccc2Cl)c1. The molecular weight excluding hydrogens is 340 g/mol.